The van der Waals surface area contributed by atoms with Crippen molar-refractivity contribution in [2.24, 2.45) is 0 Å². The van der Waals surface area contributed by atoms with Crippen molar-refractivity contribution in [2.45, 2.75) is 37.6 Å². The van der Waals surface area contributed by atoms with Gasteiger partial charge in [-0.3, -0.25) is 9.67 Å². The molecule has 1 saturated carbocycles. The number of halogens is 2. The van der Waals surface area contributed by atoms with Crippen LogP contribution in [-0.2, 0) is 12.0 Å². The minimum absolute atomic E-state index is 0.212. The molecule has 0 bridgehead atoms. The lowest BCUT2D eigenvalue weighted by atomic mass is 9.64. The molecule has 3 aromatic rings. The number of aromatic nitrogens is 5. The van der Waals surface area contributed by atoms with Crippen molar-refractivity contribution < 1.29 is 13.3 Å². The summed E-state index contributed by atoms with van der Waals surface area (Å²) in [5.41, 5.74) is 1.22. The molecule has 0 saturated heterocycles. The van der Waals surface area contributed by atoms with E-state index in [1.54, 1.807) is 18.5 Å². The quantitative estimate of drug-likeness (QED) is 0.718. The molecule has 0 amide bonds. The highest BCUT2D eigenvalue weighted by atomic mass is 19.3. The average Bonchev–Trinajstić information content (AvgIpc) is 3.16. The zero-order valence-electron chi connectivity index (χ0n) is 12.8. The fourth-order valence-electron chi connectivity index (χ4n) is 3.16. The van der Waals surface area contributed by atoms with E-state index in [1.165, 1.54) is 10.9 Å². The smallest absolute Gasteiger partial charge is 0.276 e. The van der Waals surface area contributed by atoms with E-state index in [0.717, 1.165) is 24.8 Å². The van der Waals surface area contributed by atoms with Crippen LogP contribution in [0.15, 0.2) is 41.3 Å². The Balaban J connectivity index is 1.69. The fourth-order valence-corrected chi connectivity index (χ4v) is 3.16. The summed E-state index contributed by atoms with van der Waals surface area (Å²) in [6, 6.07) is 5.51. The van der Waals surface area contributed by atoms with Crippen LogP contribution in [0.3, 0.4) is 0 Å². The van der Waals surface area contributed by atoms with Gasteiger partial charge in [-0.1, -0.05) is 11.6 Å². The summed E-state index contributed by atoms with van der Waals surface area (Å²) in [6.45, 7) is -0.504. The molecule has 0 N–H and O–H groups in total. The lowest BCUT2D eigenvalue weighted by Crippen LogP contribution is -2.36. The second-order valence-electron chi connectivity index (χ2n) is 5.88. The molecule has 3 aromatic heterocycles. The van der Waals surface area contributed by atoms with E-state index in [2.05, 4.69) is 20.2 Å². The summed E-state index contributed by atoms with van der Waals surface area (Å²) in [7, 11) is 0. The van der Waals surface area contributed by atoms with Gasteiger partial charge in [0.1, 0.15) is 12.2 Å². The van der Waals surface area contributed by atoms with Gasteiger partial charge in [-0.2, -0.15) is 10.1 Å². The Kier molecular flexibility index (Phi) is 3.59. The van der Waals surface area contributed by atoms with Gasteiger partial charge in [-0.15, -0.1) is 0 Å². The Bertz CT molecular complexity index is 826. The van der Waals surface area contributed by atoms with Crippen LogP contribution in [0.5, 0.6) is 0 Å². The molecule has 124 valence electrons. The highest BCUT2D eigenvalue weighted by molar-refractivity contribution is 5.47. The first-order valence-electron chi connectivity index (χ1n) is 7.74. The van der Waals surface area contributed by atoms with Crippen molar-refractivity contribution in [1.29, 1.82) is 0 Å². The van der Waals surface area contributed by atoms with Gasteiger partial charge in [-0.25, -0.2) is 8.78 Å². The van der Waals surface area contributed by atoms with Crippen LogP contribution in [0.4, 0.5) is 8.78 Å². The molecule has 0 radical (unpaired) electrons. The van der Waals surface area contributed by atoms with Gasteiger partial charge < -0.3 is 4.52 Å². The number of alkyl halides is 2. The lowest BCUT2D eigenvalue weighted by molar-refractivity contribution is 0.122. The molecule has 0 atom stereocenters. The zero-order valence-corrected chi connectivity index (χ0v) is 12.8. The van der Waals surface area contributed by atoms with Crippen molar-refractivity contribution in [3.8, 4) is 11.6 Å². The van der Waals surface area contributed by atoms with Gasteiger partial charge in [-0.05, 0) is 36.6 Å². The molecule has 1 aliphatic carbocycles. The molecule has 0 aromatic carbocycles. The molecule has 0 unspecified atom stereocenters. The average molecular weight is 331 g/mol. The van der Waals surface area contributed by atoms with Gasteiger partial charge in [0.2, 0.25) is 0 Å². The molecular weight excluding hydrogens is 316 g/mol. The fraction of sp³-hybridized carbons (Fsp3) is 0.375. The van der Waals surface area contributed by atoms with E-state index < -0.39 is 13.0 Å². The van der Waals surface area contributed by atoms with E-state index in [1.807, 2.05) is 12.1 Å². The van der Waals surface area contributed by atoms with E-state index in [4.69, 9.17) is 4.52 Å². The van der Waals surface area contributed by atoms with E-state index >= 15 is 0 Å². The van der Waals surface area contributed by atoms with Crippen molar-refractivity contribution >= 4 is 0 Å². The van der Waals surface area contributed by atoms with Crippen LogP contribution in [-0.4, -0.2) is 31.3 Å². The Morgan fingerprint density at radius 3 is 2.62 bits per heavy atom. The van der Waals surface area contributed by atoms with Gasteiger partial charge in [0.15, 0.2) is 5.82 Å². The molecule has 24 heavy (non-hydrogen) atoms. The highest BCUT2D eigenvalue weighted by Crippen LogP contribution is 2.47. The van der Waals surface area contributed by atoms with Crippen molar-refractivity contribution in [3.05, 3.63) is 48.2 Å². The lowest BCUT2D eigenvalue weighted by Gasteiger charge is -2.39. The number of hydrogen-bond acceptors (Lipinski definition) is 5. The topological polar surface area (TPSA) is 69.6 Å². The maximum Gasteiger partial charge on any atom is 0.276 e. The molecule has 4 rings (SSSR count). The third kappa shape index (κ3) is 2.38. The Hall–Kier alpha value is -2.64. The highest BCUT2D eigenvalue weighted by Gasteiger charge is 2.44. The van der Waals surface area contributed by atoms with E-state index in [0.29, 0.717) is 11.5 Å². The minimum atomic E-state index is -2.50. The molecule has 6 nitrogen and oxygen atoms in total. The van der Waals surface area contributed by atoms with E-state index in [9.17, 15) is 8.78 Å². The van der Waals surface area contributed by atoms with Crippen molar-refractivity contribution in [1.82, 2.24) is 24.9 Å². The number of rotatable bonds is 5. The maximum atomic E-state index is 12.6. The molecule has 8 heteroatoms. The van der Waals surface area contributed by atoms with Crippen LogP contribution in [0.2, 0.25) is 0 Å². The van der Waals surface area contributed by atoms with Crippen LogP contribution in [0.1, 0.15) is 30.7 Å². The standard InChI is InChI=1S/C16H15F2N5O/c17-13(18)10-23-12(4-9-20-23)14-21-15(22-24-14)16(5-1-6-16)11-2-7-19-8-3-11/h2-4,7-9,13H,1,5-6,10H2. The first-order chi connectivity index (χ1) is 11.7. The zero-order chi connectivity index (χ0) is 16.6. The maximum absolute atomic E-state index is 12.6. The summed E-state index contributed by atoms with van der Waals surface area (Å²) < 4.78 is 31.8. The summed E-state index contributed by atoms with van der Waals surface area (Å²) >= 11 is 0. The normalized spacial score (nSPS) is 16.3. The van der Waals surface area contributed by atoms with Crippen molar-refractivity contribution in [2.75, 3.05) is 0 Å². The predicted octanol–water partition coefficient (Wildman–Crippen LogP) is 3.06. The number of hydrogen-bond donors (Lipinski definition) is 0. The first kappa shape index (κ1) is 14.9. The van der Waals surface area contributed by atoms with Gasteiger partial charge in [0, 0.05) is 18.6 Å². The second-order valence-corrected chi connectivity index (χ2v) is 5.88. The molecule has 0 aliphatic heterocycles. The van der Waals surface area contributed by atoms with Crippen LogP contribution >= 0.6 is 0 Å². The minimum Gasteiger partial charge on any atom is -0.332 e. The van der Waals surface area contributed by atoms with E-state index in [-0.39, 0.29) is 11.3 Å². The largest absolute Gasteiger partial charge is 0.332 e. The first-order valence-corrected chi connectivity index (χ1v) is 7.74. The summed E-state index contributed by atoms with van der Waals surface area (Å²) in [5.74, 6) is 0.795. The Labute approximate surface area is 136 Å². The third-order valence-corrected chi connectivity index (χ3v) is 4.54. The summed E-state index contributed by atoms with van der Waals surface area (Å²) in [4.78, 5) is 8.54. The SMILES string of the molecule is FC(F)Cn1nccc1-c1nc(C2(c3ccncc3)CCC2)no1. The van der Waals surface area contributed by atoms with Crippen LogP contribution in [0, 0.1) is 0 Å². The van der Waals surface area contributed by atoms with Gasteiger partial charge in [0.05, 0.1) is 5.41 Å². The number of pyridine rings is 1. The molecule has 3 heterocycles. The predicted molar refractivity (Wildman–Crippen MR) is 80.4 cm³/mol. The Morgan fingerprint density at radius 1 is 1.17 bits per heavy atom. The van der Waals surface area contributed by atoms with Crippen molar-refractivity contribution in [3.63, 3.8) is 0 Å². The number of nitrogens with zero attached hydrogens (tertiary/aromatic N) is 5. The summed E-state index contributed by atoms with van der Waals surface area (Å²) in [5, 5.41) is 8.02. The molecule has 1 aliphatic rings. The van der Waals surface area contributed by atoms with Gasteiger partial charge in [0.25, 0.3) is 12.3 Å². The summed E-state index contributed by atoms with van der Waals surface area (Å²) in [6.07, 6.45) is 5.36. The Morgan fingerprint density at radius 2 is 1.96 bits per heavy atom. The monoisotopic (exact) mass is 331 g/mol. The second kappa shape index (κ2) is 5.77. The molecule has 0 spiro atoms. The van der Waals surface area contributed by atoms with Crippen LogP contribution in [0.25, 0.3) is 11.6 Å². The third-order valence-electron chi connectivity index (χ3n) is 4.54. The molecular formula is C16H15F2N5O. The van der Waals surface area contributed by atoms with Crippen LogP contribution < -0.4 is 0 Å². The van der Waals surface area contributed by atoms with Gasteiger partial charge >= 0.3 is 0 Å². The molecule has 1 fully saturated rings.